The molecule has 0 aliphatic carbocycles. The number of amidine groups is 2. The van der Waals surface area contributed by atoms with Gasteiger partial charge in [-0.25, -0.2) is 9.98 Å². The van der Waals surface area contributed by atoms with Crippen molar-refractivity contribution >= 4 is 64.9 Å². The molecule has 0 radical (unpaired) electrons. The van der Waals surface area contributed by atoms with E-state index >= 15 is 0 Å². The van der Waals surface area contributed by atoms with Crippen molar-refractivity contribution in [3.63, 3.8) is 0 Å². The minimum atomic E-state index is -0.0253. The van der Waals surface area contributed by atoms with Crippen molar-refractivity contribution in [1.29, 1.82) is 0 Å². The number of hydrogen-bond acceptors (Lipinski definition) is 3. The van der Waals surface area contributed by atoms with Crippen LogP contribution in [0.15, 0.2) is 180 Å². The van der Waals surface area contributed by atoms with Gasteiger partial charge in [-0.05, 0) is 52.1 Å². The van der Waals surface area contributed by atoms with Crippen molar-refractivity contribution in [2.75, 3.05) is 0 Å². The molecule has 1 unspecified atom stereocenters. The molecule has 0 amide bonds. The van der Waals surface area contributed by atoms with Crippen molar-refractivity contribution in [1.82, 2.24) is 4.98 Å². The maximum Gasteiger partial charge on any atom is 0.157 e. The van der Waals surface area contributed by atoms with Gasteiger partial charge in [0.25, 0.3) is 0 Å². The third kappa shape index (κ3) is 6.15. The highest BCUT2D eigenvalue weighted by Crippen LogP contribution is 2.44. The molecule has 9 rings (SSSR count). The highest BCUT2D eigenvalue weighted by Gasteiger charge is 2.18. The van der Waals surface area contributed by atoms with Crippen LogP contribution in [0.5, 0.6) is 0 Å². The molecule has 0 saturated carbocycles. The quantitative estimate of drug-likeness (QED) is 0.133. The van der Waals surface area contributed by atoms with Gasteiger partial charge in [0.05, 0.1) is 22.0 Å². The van der Waals surface area contributed by atoms with Gasteiger partial charge in [0.1, 0.15) is 5.84 Å². The molecule has 0 spiro atoms. The first-order valence-corrected chi connectivity index (χ1v) is 18.8. The molecule has 2 heterocycles. The van der Waals surface area contributed by atoms with Crippen LogP contribution in [-0.4, -0.2) is 16.7 Å². The standard InChI is InChI=1S/C48H36N4S/c1-2-41(33-15-5-3-6-16-33)51-48(35-17-7-4-8-18-35)52-47(49)34-26-24-31(25-27-34)36-28-29-42-40(30-36)44-39-21-11-12-23-43(39)53-46(44)45(50-42)38-22-13-19-32-14-9-10-20-37(32)38/h3-30,41H,2H2,1H3,(H2,49,51,52). The van der Waals surface area contributed by atoms with E-state index in [1.807, 2.05) is 59.9 Å². The summed E-state index contributed by atoms with van der Waals surface area (Å²) in [6, 6.07) is 59.1. The summed E-state index contributed by atoms with van der Waals surface area (Å²) < 4.78 is 2.47. The largest absolute Gasteiger partial charge is 0.383 e. The van der Waals surface area contributed by atoms with E-state index in [0.717, 1.165) is 56.4 Å². The van der Waals surface area contributed by atoms with E-state index in [4.69, 9.17) is 20.7 Å². The zero-order valence-electron chi connectivity index (χ0n) is 29.3. The Morgan fingerprint density at radius 3 is 2.11 bits per heavy atom. The molecule has 0 aliphatic rings. The van der Waals surface area contributed by atoms with Crippen LogP contribution in [0, 0.1) is 0 Å². The number of hydrogen-bond donors (Lipinski definition) is 1. The fourth-order valence-electron chi connectivity index (χ4n) is 7.27. The normalized spacial score (nSPS) is 12.9. The number of pyridine rings is 1. The van der Waals surface area contributed by atoms with Crippen LogP contribution in [0.1, 0.15) is 36.1 Å². The summed E-state index contributed by atoms with van der Waals surface area (Å²) in [6.07, 6.45) is 0.851. The number of fused-ring (bicyclic) bond motifs is 6. The van der Waals surface area contributed by atoms with Gasteiger partial charge in [-0.15, -0.1) is 11.3 Å². The summed E-state index contributed by atoms with van der Waals surface area (Å²) in [4.78, 5) is 15.4. The van der Waals surface area contributed by atoms with Crippen molar-refractivity contribution < 1.29 is 0 Å². The molecule has 1 atom stereocenters. The van der Waals surface area contributed by atoms with Crippen LogP contribution in [0.3, 0.4) is 0 Å². The maximum atomic E-state index is 6.71. The molecule has 5 heteroatoms. The number of nitrogens with zero attached hydrogens (tertiary/aromatic N) is 3. The molecular formula is C48H36N4S. The molecule has 2 aromatic heterocycles. The van der Waals surface area contributed by atoms with Crippen LogP contribution < -0.4 is 5.73 Å². The van der Waals surface area contributed by atoms with E-state index in [1.54, 1.807) is 0 Å². The molecule has 0 bridgehead atoms. The third-order valence-electron chi connectivity index (χ3n) is 9.97. The van der Waals surface area contributed by atoms with Crippen LogP contribution >= 0.6 is 11.3 Å². The molecule has 9 aromatic rings. The monoisotopic (exact) mass is 700 g/mol. The van der Waals surface area contributed by atoms with Crippen LogP contribution in [-0.2, 0) is 0 Å². The molecular weight excluding hydrogens is 665 g/mol. The number of thiophene rings is 1. The van der Waals surface area contributed by atoms with Crippen LogP contribution in [0.4, 0.5) is 0 Å². The van der Waals surface area contributed by atoms with Gasteiger partial charge in [0, 0.05) is 37.5 Å². The minimum Gasteiger partial charge on any atom is -0.383 e. The lowest BCUT2D eigenvalue weighted by atomic mass is 9.97. The molecule has 0 aliphatic heterocycles. The molecule has 53 heavy (non-hydrogen) atoms. The predicted octanol–water partition coefficient (Wildman–Crippen LogP) is 12.4. The van der Waals surface area contributed by atoms with Gasteiger partial charge in [0.2, 0.25) is 0 Å². The number of nitrogens with two attached hydrogens (primary N) is 1. The highest BCUT2D eigenvalue weighted by atomic mass is 32.1. The molecule has 4 nitrogen and oxygen atoms in total. The Morgan fingerprint density at radius 2 is 1.32 bits per heavy atom. The Hall–Kier alpha value is -6.43. The summed E-state index contributed by atoms with van der Waals surface area (Å²) in [7, 11) is 0. The smallest absolute Gasteiger partial charge is 0.157 e. The number of aromatic nitrogens is 1. The lowest BCUT2D eigenvalue weighted by Crippen LogP contribution is -2.17. The Bertz CT molecular complexity index is 2810. The third-order valence-corrected chi connectivity index (χ3v) is 11.2. The Labute approximate surface area is 312 Å². The number of benzene rings is 7. The molecule has 7 aromatic carbocycles. The van der Waals surface area contributed by atoms with Crippen molar-refractivity contribution in [3.05, 3.63) is 187 Å². The molecule has 254 valence electrons. The average molecular weight is 701 g/mol. The fraction of sp³-hybridized carbons (Fsp3) is 0.0625. The second kappa shape index (κ2) is 13.9. The lowest BCUT2D eigenvalue weighted by Gasteiger charge is -2.13. The van der Waals surface area contributed by atoms with E-state index < -0.39 is 0 Å². The van der Waals surface area contributed by atoms with Gasteiger partial charge in [-0.3, -0.25) is 4.99 Å². The Balaban J connectivity index is 1.11. The summed E-state index contributed by atoms with van der Waals surface area (Å²) in [5.41, 5.74) is 15.0. The Morgan fingerprint density at radius 1 is 0.642 bits per heavy atom. The van der Waals surface area contributed by atoms with Gasteiger partial charge in [0.15, 0.2) is 5.84 Å². The van der Waals surface area contributed by atoms with E-state index in [2.05, 4.69) is 128 Å². The van der Waals surface area contributed by atoms with Gasteiger partial charge in [-0.1, -0.05) is 159 Å². The minimum absolute atomic E-state index is 0.0253. The zero-order valence-corrected chi connectivity index (χ0v) is 30.1. The first-order chi connectivity index (χ1) is 26.1. The van der Waals surface area contributed by atoms with Crippen molar-refractivity contribution in [2.45, 2.75) is 19.4 Å². The van der Waals surface area contributed by atoms with Gasteiger partial charge >= 0.3 is 0 Å². The molecule has 0 fully saturated rings. The molecule has 2 N–H and O–H groups in total. The zero-order chi connectivity index (χ0) is 35.7. The maximum absolute atomic E-state index is 6.71. The van der Waals surface area contributed by atoms with E-state index in [1.165, 1.54) is 30.9 Å². The van der Waals surface area contributed by atoms with Gasteiger partial charge < -0.3 is 5.73 Å². The fourth-order valence-corrected chi connectivity index (χ4v) is 8.49. The summed E-state index contributed by atoms with van der Waals surface area (Å²) in [5, 5.41) is 6.08. The SMILES string of the molecule is CCC(/N=C(\N=C(/N)c1ccc(-c2ccc3nc(-c4cccc5ccccc45)c4sc5ccccc5c4c3c2)cc1)c1ccccc1)c1ccccc1. The van der Waals surface area contributed by atoms with Crippen LogP contribution in [0.25, 0.3) is 64.2 Å². The van der Waals surface area contributed by atoms with E-state index in [9.17, 15) is 0 Å². The predicted molar refractivity (Wildman–Crippen MR) is 226 cm³/mol. The summed E-state index contributed by atoms with van der Waals surface area (Å²) >= 11 is 1.82. The van der Waals surface area contributed by atoms with Crippen LogP contribution in [0.2, 0.25) is 0 Å². The van der Waals surface area contributed by atoms with E-state index in [0.29, 0.717) is 11.7 Å². The second-order valence-electron chi connectivity index (χ2n) is 13.2. The Kier molecular flexibility index (Phi) is 8.54. The summed E-state index contributed by atoms with van der Waals surface area (Å²) in [6.45, 7) is 2.15. The summed E-state index contributed by atoms with van der Waals surface area (Å²) in [5.74, 6) is 1.05. The van der Waals surface area contributed by atoms with E-state index in [-0.39, 0.29) is 6.04 Å². The van der Waals surface area contributed by atoms with Crippen molar-refractivity contribution in [2.24, 2.45) is 15.7 Å². The first kappa shape index (κ1) is 32.5. The molecule has 0 saturated heterocycles. The lowest BCUT2D eigenvalue weighted by molar-refractivity contribution is 0.700. The second-order valence-corrected chi connectivity index (χ2v) is 14.3. The topological polar surface area (TPSA) is 63.6 Å². The van der Waals surface area contributed by atoms with Gasteiger partial charge in [-0.2, -0.15) is 0 Å². The average Bonchev–Trinajstić information content (AvgIpc) is 3.62. The number of aliphatic imine (C=N–C) groups is 2. The first-order valence-electron chi connectivity index (χ1n) is 18.0. The highest BCUT2D eigenvalue weighted by molar-refractivity contribution is 7.26. The number of rotatable bonds is 7. The van der Waals surface area contributed by atoms with Crippen molar-refractivity contribution in [3.8, 4) is 22.4 Å².